The van der Waals surface area contributed by atoms with Crippen molar-refractivity contribution in [1.29, 1.82) is 5.41 Å². The van der Waals surface area contributed by atoms with Gasteiger partial charge in [-0.1, -0.05) is 56.3 Å². The van der Waals surface area contributed by atoms with Gasteiger partial charge in [0, 0.05) is 41.6 Å². The van der Waals surface area contributed by atoms with Crippen LogP contribution in [0.15, 0.2) is 64.6 Å². The predicted octanol–water partition coefficient (Wildman–Crippen LogP) is 6.86. The van der Waals surface area contributed by atoms with Gasteiger partial charge in [0.15, 0.2) is 13.1 Å². The normalized spacial score (nSPS) is 10.2. The van der Waals surface area contributed by atoms with Gasteiger partial charge in [-0.2, -0.15) is 5.10 Å². The number of aliphatic imine (C=N–C) groups is 1. The Balaban J connectivity index is 0.000000272. The number of hydrogen-bond donors (Lipinski definition) is 2. The summed E-state index contributed by atoms with van der Waals surface area (Å²) < 4.78 is 15.5. The summed E-state index contributed by atoms with van der Waals surface area (Å²) in [4.78, 5) is 16.1. The number of benzene rings is 2. The lowest BCUT2D eigenvalue weighted by Crippen LogP contribution is -2.05. The molecule has 0 bridgehead atoms. The highest BCUT2D eigenvalue weighted by molar-refractivity contribution is 8.15. The highest BCUT2D eigenvalue weighted by Gasteiger charge is 2.19. The highest BCUT2D eigenvalue weighted by atomic mass is 32.2. The van der Waals surface area contributed by atoms with E-state index in [1.165, 1.54) is 16.5 Å². The molecule has 0 unspecified atom stereocenters. The number of halogens is 1. The second kappa shape index (κ2) is 16.6. The van der Waals surface area contributed by atoms with E-state index in [0.717, 1.165) is 45.0 Å². The van der Waals surface area contributed by atoms with Crippen molar-refractivity contribution in [3.8, 4) is 0 Å². The average Bonchev–Trinajstić information content (AvgIpc) is 3.51. The second-order valence-corrected chi connectivity index (χ2v) is 10.0. The van der Waals surface area contributed by atoms with Crippen molar-refractivity contribution in [3.63, 3.8) is 0 Å². The Morgan fingerprint density at radius 2 is 1.92 bits per heavy atom. The number of carbonyl (C=O) groups excluding carboxylic acids is 1. The number of rotatable bonds is 11. The molecule has 0 aliphatic rings. The van der Waals surface area contributed by atoms with Crippen molar-refractivity contribution in [2.75, 3.05) is 12.1 Å². The number of carbonyl (C=O) groups is 1. The van der Waals surface area contributed by atoms with Crippen LogP contribution in [0, 0.1) is 5.41 Å². The van der Waals surface area contributed by atoms with E-state index < -0.39 is 6.80 Å². The Kier molecular flexibility index (Phi) is 13.5. The summed E-state index contributed by atoms with van der Waals surface area (Å²) in [6.07, 6.45) is 3.68. The number of thioether (sulfide) groups is 2. The second-order valence-electron chi connectivity index (χ2n) is 7.67. The van der Waals surface area contributed by atoms with Crippen LogP contribution in [-0.4, -0.2) is 45.7 Å². The molecule has 2 N–H and O–H groups in total. The molecular weight excluding hydrogens is 519 g/mol. The van der Waals surface area contributed by atoms with Crippen LogP contribution in [0.25, 0.3) is 10.9 Å². The molecule has 0 saturated heterocycles. The number of nitrogens with zero attached hydrogens (tertiary/aromatic N) is 4. The first-order valence-electron chi connectivity index (χ1n) is 12.1. The molecule has 0 atom stereocenters. The minimum Gasteiger partial charge on any atom is -0.325 e. The third-order valence-electron chi connectivity index (χ3n) is 5.46. The Bertz CT molecular complexity index is 1320. The van der Waals surface area contributed by atoms with Gasteiger partial charge in [0.25, 0.3) is 0 Å². The smallest absolute Gasteiger partial charge is 0.182 e. The quantitative estimate of drug-likeness (QED) is 0.0695. The monoisotopic (exact) mass is 554 g/mol. The van der Waals surface area contributed by atoms with Gasteiger partial charge in [0.1, 0.15) is 5.82 Å². The van der Waals surface area contributed by atoms with E-state index in [4.69, 9.17) is 5.41 Å². The zero-order valence-electron chi connectivity index (χ0n) is 22.3. The number of alkyl halides is 1. The minimum absolute atomic E-state index is 0.466. The van der Waals surface area contributed by atoms with E-state index >= 15 is 0 Å². The topological polar surface area (TPSA) is 88.1 Å². The van der Waals surface area contributed by atoms with E-state index in [0.29, 0.717) is 17.1 Å². The predicted molar refractivity (Wildman–Crippen MR) is 161 cm³/mol. The van der Waals surface area contributed by atoms with Crippen molar-refractivity contribution >= 4 is 59.5 Å². The molecule has 0 aliphatic heterocycles. The van der Waals surface area contributed by atoms with E-state index in [-0.39, 0.29) is 0 Å². The van der Waals surface area contributed by atoms with Crippen LogP contribution in [0.1, 0.15) is 41.0 Å². The third-order valence-corrected chi connectivity index (χ3v) is 7.83. The van der Waals surface area contributed by atoms with Gasteiger partial charge in [0.2, 0.25) is 0 Å². The SMILES string of the molecule is C=Nc1c(SCSCc2ccccc2)c(C=N)c(C=O)n1C.CC.CNCc1cccc2c1cnn2CF. The fourth-order valence-electron chi connectivity index (χ4n) is 3.72. The van der Waals surface area contributed by atoms with Gasteiger partial charge in [-0.25, -0.2) is 14.1 Å². The third kappa shape index (κ3) is 7.66. The Labute approximate surface area is 232 Å². The summed E-state index contributed by atoms with van der Waals surface area (Å²) in [6.45, 7) is 7.77. The van der Waals surface area contributed by atoms with Crippen molar-refractivity contribution < 1.29 is 9.18 Å². The number of hydrogen-bond acceptors (Lipinski definition) is 7. The molecule has 0 fully saturated rings. The van der Waals surface area contributed by atoms with Crippen molar-refractivity contribution in [2.45, 2.75) is 37.8 Å². The maximum Gasteiger partial charge on any atom is 0.182 e. The molecule has 0 amide bonds. The molecular formula is C28H35FN6OS2. The summed E-state index contributed by atoms with van der Waals surface area (Å²) in [7, 11) is 3.65. The molecule has 202 valence electrons. The molecule has 2 heterocycles. The van der Waals surface area contributed by atoms with Gasteiger partial charge in [0.05, 0.1) is 22.3 Å². The van der Waals surface area contributed by atoms with E-state index in [2.05, 4.69) is 34.3 Å². The molecule has 7 nitrogen and oxygen atoms in total. The minimum atomic E-state index is -0.577. The lowest BCUT2D eigenvalue weighted by molar-refractivity contribution is 0.111. The number of aldehydes is 1. The molecule has 38 heavy (non-hydrogen) atoms. The van der Waals surface area contributed by atoms with Crippen molar-refractivity contribution in [2.24, 2.45) is 12.0 Å². The van der Waals surface area contributed by atoms with Crippen molar-refractivity contribution in [1.82, 2.24) is 19.7 Å². The molecule has 0 saturated carbocycles. The summed E-state index contributed by atoms with van der Waals surface area (Å²) in [5, 5.41) is 16.4. The zero-order valence-corrected chi connectivity index (χ0v) is 23.9. The number of fused-ring (bicyclic) bond motifs is 1. The lowest BCUT2D eigenvalue weighted by atomic mass is 10.1. The van der Waals surface area contributed by atoms with Gasteiger partial charge in [-0.15, -0.1) is 23.5 Å². The fourth-order valence-corrected chi connectivity index (χ4v) is 5.94. The Morgan fingerprint density at radius 3 is 2.53 bits per heavy atom. The van der Waals surface area contributed by atoms with Crippen LogP contribution in [0.3, 0.4) is 0 Å². The summed E-state index contributed by atoms with van der Waals surface area (Å²) in [5.41, 5.74) is 4.35. The first kappa shape index (κ1) is 31.0. The molecule has 10 heteroatoms. The largest absolute Gasteiger partial charge is 0.325 e. The number of aromatic nitrogens is 3. The van der Waals surface area contributed by atoms with Crippen LogP contribution in [0.4, 0.5) is 10.2 Å². The average molecular weight is 555 g/mol. The van der Waals surface area contributed by atoms with Crippen LogP contribution < -0.4 is 5.32 Å². The highest BCUT2D eigenvalue weighted by Crippen LogP contribution is 2.37. The van der Waals surface area contributed by atoms with Gasteiger partial charge in [-0.3, -0.25) is 4.79 Å². The van der Waals surface area contributed by atoms with E-state index in [1.54, 1.807) is 41.3 Å². The first-order valence-corrected chi connectivity index (χ1v) is 14.3. The van der Waals surface area contributed by atoms with Crippen LogP contribution >= 0.6 is 23.5 Å². The lowest BCUT2D eigenvalue weighted by Gasteiger charge is -2.04. The maximum absolute atomic E-state index is 12.5. The van der Waals surface area contributed by atoms with Crippen LogP contribution in [0.5, 0.6) is 0 Å². The first-order chi connectivity index (χ1) is 18.6. The Morgan fingerprint density at radius 1 is 1.18 bits per heavy atom. The molecule has 0 aliphatic carbocycles. The summed E-state index contributed by atoms with van der Waals surface area (Å²) in [5.74, 6) is 1.57. The fraction of sp³-hybridized carbons (Fsp3) is 0.286. The molecule has 0 spiro atoms. The molecule has 0 radical (unpaired) electrons. The summed E-state index contributed by atoms with van der Waals surface area (Å²) in [6, 6.07) is 16.1. The standard InChI is InChI=1S/C16H17N3OS2.C10H12FN3.C2H6/c1-18-16-15(13(8-17)14(9-20)19(16)2)22-11-21-10-12-6-4-3-5-7-12;1-12-5-8-3-2-4-10-9(8)6-13-14(10)7-11;1-2/h3-9,17H,1,10-11H2,2H3;2-4,6,12H,5,7H2,1H3;1-2H3. The molecule has 2 aromatic heterocycles. The van der Waals surface area contributed by atoms with Gasteiger partial charge >= 0.3 is 0 Å². The van der Waals surface area contributed by atoms with Gasteiger partial charge in [-0.05, 0) is 31.0 Å². The molecule has 2 aromatic carbocycles. The maximum atomic E-state index is 12.5. The van der Waals surface area contributed by atoms with Crippen molar-refractivity contribution in [3.05, 3.63) is 77.1 Å². The molecule has 4 aromatic rings. The van der Waals surface area contributed by atoms with Crippen LogP contribution in [0.2, 0.25) is 0 Å². The van der Waals surface area contributed by atoms with Crippen LogP contribution in [-0.2, 0) is 26.1 Å². The van der Waals surface area contributed by atoms with E-state index in [9.17, 15) is 9.18 Å². The van der Waals surface area contributed by atoms with E-state index in [1.807, 2.05) is 57.3 Å². The van der Waals surface area contributed by atoms with Gasteiger partial charge < -0.3 is 15.3 Å². The Hall–Kier alpha value is -3.21. The summed E-state index contributed by atoms with van der Waals surface area (Å²) >= 11 is 3.38. The number of nitrogens with one attached hydrogen (secondary N) is 2. The zero-order chi connectivity index (χ0) is 27.9. The molecule has 4 rings (SSSR count).